The molecule has 0 aromatic heterocycles. The SMILES string of the molecule is CC(C)=C(C#CC(C#Cc1ccc(N(C)C)cc1)=C(C)C)C#CC(C#Cc1ccc([N+](=O)[O-])cc1)=C(C)C. The molecule has 0 unspecified atom stereocenters. The van der Waals surface area contributed by atoms with Crippen LogP contribution in [-0.4, -0.2) is 19.0 Å². The molecule has 0 atom stereocenters. The quantitative estimate of drug-likeness (QED) is 0.251. The third kappa shape index (κ3) is 9.28. The maximum Gasteiger partial charge on any atom is 0.269 e. The Morgan fingerprint density at radius 3 is 1.26 bits per heavy atom. The summed E-state index contributed by atoms with van der Waals surface area (Å²) in [5.74, 6) is 25.3. The minimum Gasteiger partial charge on any atom is -0.378 e. The molecule has 0 spiro atoms. The third-order valence-corrected chi connectivity index (χ3v) is 5.25. The van der Waals surface area contributed by atoms with Crippen LogP contribution in [0, 0.1) is 57.5 Å². The summed E-state index contributed by atoms with van der Waals surface area (Å²) >= 11 is 0. The average Bonchev–Trinajstić information content (AvgIpc) is 2.87. The molecule has 190 valence electrons. The predicted octanol–water partition coefficient (Wildman–Crippen LogP) is 7.08. The first kappa shape index (κ1) is 29.3. The maximum absolute atomic E-state index is 10.9. The van der Waals surface area contributed by atoms with Gasteiger partial charge in [-0.25, -0.2) is 0 Å². The van der Waals surface area contributed by atoms with E-state index in [1.54, 1.807) is 12.1 Å². The van der Waals surface area contributed by atoms with Gasteiger partial charge in [-0.3, -0.25) is 10.1 Å². The molecule has 0 saturated carbocycles. The van der Waals surface area contributed by atoms with Crippen molar-refractivity contribution in [3.05, 3.63) is 103 Å². The number of rotatable bonds is 2. The van der Waals surface area contributed by atoms with Crippen molar-refractivity contribution in [2.45, 2.75) is 41.5 Å². The number of hydrogen-bond acceptors (Lipinski definition) is 3. The zero-order valence-corrected chi connectivity index (χ0v) is 23.3. The molecule has 0 saturated heterocycles. The molecule has 0 aliphatic rings. The van der Waals surface area contributed by atoms with Crippen molar-refractivity contribution >= 4 is 11.4 Å². The maximum atomic E-state index is 10.9. The Kier molecular flexibility index (Phi) is 10.8. The fourth-order valence-electron chi connectivity index (χ4n) is 2.87. The molecule has 0 radical (unpaired) electrons. The van der Waals surface area contributed by atoms with Crippen molar-refractivity contribution in [1.82, 2.24) is 0 Å². The number of allylic oxidation sites excluding steroid dienone is 6. The van der Waals surface area contributed by atoms with Gasteiger partial charge in [0, 0.05) is 43.0 Å². The van der Waals surface area contributed by atoms with Gasteiger partial charge in [0.15, 0.2) is 0 Å². The molecule has 0 aliphatic heterocycles. The van der Waals surface area contributed by atoms with Gasteiger partial charge in [0.25, 0.3) is 5.69 Å². The van der Waals surface area contributed by atoms with E-state index in [1.807, 2.05) is 84.8 Å². The topological polar surface area (TPSA) is 46.4 Å². The molecule has 4 heteroatoms. The van der Waals surface area contributed by atoms with Gasteiger partial charge in [0.1, 0.15) is 0 Å². The molecule has 2 rings (SSSR count). The molecule has 4 nitrogen and oxygen atoms in total. The highest BCUT2D eigenvalue weighted by Crippen LogP contribution is 2.13. The summed E-state index contributed by atoms with van der Waals surface area (Å²) in [5.41, 5.74) is 7.96. The zero-order chi connectivity index (χ0) is 28.2. The van der Waals surface area contributed by atoms with Crippen LogP contribution in [0.3, 0.4) is 0 Å². The van der Waals surface area contributed by atoms with Crippen molar-refractivity contribution in [1.29, 1.82) is 0 Å². The van der Waals surface area contributed by atoms with Crippen molar-refractivity contribution < 1.29 is 4.92 Å². The van der Waals surface area contributed by atoms with Gasteiger partial charge in [0.2, 0.25) is 0 Å². The fourth-order valence-corrected chi connectivity index (χ4v) is 2.87. The molecule has 38 heavy (non-hydrogen) atoms. The van der Waals surface area contributed by atoms with E-state index < -0.39 is 4.92 Å². The Morgan fingerprint density at radius 1 is 0.605 bits per heavy atom. The number of benzene rings is 2. The van der Waals surface area contributed by atoms with Gasteiger partial charge in [-0.2, -0.15) is 0 Å². The van der Waals surface area contributed by atoms with Gasteiger partial charge < -0.3 is 4.90 Å². The lowest BCUT2D eigenvalue weighted by Crippen LogP contribution is -2.07. The molecular weight excluding hydrogens is 468 g/mol. The molecule has 0 heterocycles. The molecule has 2 aromatic rings. The van der Waals surface area contributed by atoms with Gasteiger partial charge >= 0.3 is 0 Å². The lowest BCUT2D eigenvalue weighted by Gasteiger charge is -2.11. The first-order chi connectivity index (χ1) is 18.0. The normalized spacial score (nSPS) is 8.95. The Labute approximate surface area is 227 Å². The van der Waals surface area contributed by atoms with Crippen LogP contribution in [0.4, 0.5) is 11.4 Å². The van der Waals surface area contributed by atoms with E-state index >= 15 is 0 Å². The first-order valence-corrected chi connectivity index (χ1v) is 12.1. The molecule has 2 aromatic carbocycles. The molecule has 0 fully saturated rings. The van der Waals surface area contributed by atoms with E-state index in [0.29, 0.717) is 11.1 Å². The van der Waals surface area contributed by atoms with Gasteiger partial charge in [0.05, 0.1) is 21.6 Å². The molecule has 0 aliphatic carbocycles. The average molecular weight is 501 g/mol. The van der Waals surface area contributed by atoms with Crippen LogP contribution in [-0.2, 0) is 0 Å². The van der Waals surface area contributed by atoms with E-state index in [0.717, 1.165) is 39.1 Å². The highest BCUT2D eigenvalue weighted by atomic mass is 16.6. The molecule has 0 bridgehead atoms. The lowest BCUT2D eigenvalue weighted by molar-refractivity contribution is -0.384. The van der Waals surface area contributed by atoms with Crippen LogP contribution in [0.2, 0.25) is 0 Å². The minimum absolute atomic E-state index is 0.0345. The summed E-state index contributed by atoms with van der Waals surface area (Å²) in [5, 5.41) is 10.9. The van der Waals surface area contributed by atoms with Crippen molar-refractivity contribution in [2.75, 3.05) is 19.0 Å². The molecule has 0 amide bonds. The number of non-ortho nitro benzene ring substituents is 1. The highest BCUT2D eigenvalue weighted by molar-refractivity contribution is 5.60. The summed E-state index contributed by atoms with van der Waals surface area (Å²) in [6.45, 7) is 11.8. The summed E-state index contributed by atoms with van der Waals surface area (Å²) < 4.78 is 0. The smallest absolute Gasteiger partial charge is 0.269 e. The van der Waals surface area contributed by atoms with Crippen LogP contribution in [0.5, 0.6) is 0 Å². The Balaban J connectivity index is 2.32. The minimum atomic E-state index is -0.430. The number of hydrogen-bond donors (Lipinski definition) is 0. The second-order valence-corrected chi connectivity index (χ2v) is 9.37. The Hall–Kier alpha value is -4.90. The number of nitro benzene ring substituents is 1. The van der Waals surface area contributed by atoms with Gasteiger partial charge in [-0.15, -0.1) is 0 Å². The zero-order valence-electron chi connectivity index (χ0n) is 23.3. The van der Waals surface area contributed by atoms with E-state index in [-0.39, 0.29) is 5.69 Å². The fraction of sp³-hybridized carbons (Fsp3) is 0.235. The Morgan fingerprint density at radius 2 is 0.947 bits per heavy atom. The standard InChI is InChI=1S/C34H32N2O2/c1-25(2)30(15-9-28-11-21-33(22-12-28)35(7)8)17-19-32(27(5)6)20-18-31(26(3)4)16-10-29-13-23-34(24-14-29)36(37)38/h11-14,21-24H,1-8H3. The second-order valence-electron chi connectivity index (χ2n) is 9.37. The van der Waals surface area contributed by atoms with E-state index in [9.17, 15) is 10.1 Å². The predicted molar refractivity (Wildman–Crippen MR) is 158 cm³/mol. The number of nitro groups is 1. The van der Waals surface area contributed by atoms with Gasteiger partial charge in [-0.05, 0) is 77.9 Å². The van der Waals surface area contributed by atoms with Gasteiger partial charge in [-0.1, -0.05) is 64.1 Å². The largest absolute Gasteiger partial charge is 0.378 e. The first-order valence-electron chi connectivity index (χ1n) is 12.1. The molecular formula is C34H32N2O2. The highest BCUT2D eigenvalue weighted by Gasteiger charge is 2.02. The second kappa shape index (κ2) is 14.0. The monoisotopic (exact) mass is 500 g/mol. The summed E-state index contributed by atoms with van der Waals surface area (Å²) in [7, 11) is 4.01. The van der Waals surface area contributed by atoms with E-state index in [2.05, 4.69) is 47.4 Å². The van der Waals surface area contributed by atoms with Crippen LogP contribution >= 0.6 is 0 Å². The summed E-state index contributed by atoms with van der Waals surface area (Å²) in [4.78, 5) is 12.5. The van der Waals surface area contributed by atoms with Crippen molar-refractivity contribution in [3.8, 4) is 47.4 Å². The van der Waals surface area contributed by atoms with Crippen LogP contribution < -0.4 is 4.90 Å². The van der Waals surface area contributed by atoms with Crippen molar-refractivity contribution in [3.63, 3.8) is 0 Å². The van der Waals surface area contributed by atoms with E-state index in [1.165, 1.54) is 12.1 Å². The Bertz CT molecular complexity index is 1540. The number of anilines is 1. The third-order valence-electron chi connectivity index (χ3n) is 5.25. The summed E-state index contributed by atoms with van der Waals surface area (Å²) in [6.07, 6.45) is 0. The number of nitrogens with zero attached hydrogens (tertiary/aromatic N) is 2. The van der Waals surface area contributed by atoms with E-state index in [4.69, 9.17) is 0 Å². The van der Waals surface area contributed by atoms with Crippen molar-refractivity contribution in [2.24, 2.45) is 0 Å². The van der Waals surface area contributed by atoms with Crippen LogP contribution in [0.25, 0.3) is 0 Å². The van der Waals surface area contributed by atoms with Crippen LogP contribution in [0.1, 0.15) is 52.7 Å². The molecule has 0 N–H and O–H groups in total. The van der Waals surface area contributed by atoms with Crippen LogP contribution in [0.15, 0.2) is 82.0 Å². The lowest BCUT2D eigenvalue weighted by atomic mass is 10.1. The summed E-state index contributed by atoms with van der Waals surface area (Å²) in [6, 6.07) is 14.2.